The van der Waals surface area contributed by atoms with Gasteiger partial charge in [-0.1, -0.05) is 22.8 Å². The van der Waals surface area contributed by atoms with Gasteiger partial charge in [0.1, 0.15) is 0 Å². The Morgan fingerprint density at radius 1 is 1.26 bits per heavy atom. The van der Waals surface area contributed by atoms with Crippen LogP contribution in [0.1, 0.15) is 27.6 Å². The van der Waals surface area contributed by atoms with Gasteiger partial charge in [-0.05, 0) is 24.6 Å². The highest BCUT2D eigenvalue weighted by atomic mass is 35.5. The van der Waals surface area contributed by atoms with E-state index in [1.54, 1.807) is 13.0 Å². The van der Waals surface area contributed by atoms with E-state index in [0.29, 0.717) is 41.9 Å². The van der Waals surface area contributed by atoms with Gasteiger partial charge in [-0.2, -0.15) is 4.98 Å². The molecule has 122 valence electrons. The van der Waals surface area contributed by atoms with Crippen molar-refractivity contribution in [1.82, 2.24) is 19.9 Å². The van der Waals surface area contributed by atoms with E-state index in [9.17, 15) is 4.79 Å². The molecule has 1 fully saturated rings. The molecule has 0 saturated carbocycles. The summed E-state index contributed by atoms with van der Waals surface area (Å²) in [7, 11) is 0. The van der Waals surface area contributed by atoms with Gasteiger partial charge in [-0.25, -0.2) is 0 Å². The van der Waals surface area contributed by atoms with Crippen LogP contribution in [0.5, 0.6) is 0 Å². The van der Waals surface area contributed by atoms with Crippen LogP contribution in [0, 0.1) is 13.8 Å². The molecule has 0 spiro atoms. The van der Waals surface area contributed by atoms with Crippen LogP contribution >= 0.6 is 11.6 Å². The molecule has 2 heterocycles. The van der Waals surface area contributed by atoms with E-state index >= 15 is 0 Å². The molecule has 0 bridgehead atoms. The Balaban J connectivity index is 1.57. The third kappa shape index (κ3) is 3.71. The predicted molar refractivity (Wildman–Crippen MR) is 86.4 cm³/mol. The number of nitrogens with zero attached hydrogens (tertiary/aromatic N) is 4. The van der Waals surface area contributed by atoms with Crippen LogP contribution in [0.3, 0.4) is 0 Å². The van der Waals surface area contributed by atoms with Gasteiger partial charge < -0.3 is 9.42 Å². The molecule has 7 heteroatoms. The zero-order chi connectivity index (χ0) is 16.4. The smallest absolute Gasteiger partial charge is 0.253 e. The number of aryl methyl sites for hydroxylation is 2. The second-order valence-electron chi connectivity index (χ2n) is 5.76. The average molecular weight is 335 g/mol. The monoisotopic (exact) mass is 334 g/mol. The topological polar surface area (TPSA) is 62.5 Å². The molecule has 1 aliphatic rings. The number of benzene rings is 1. The molecule has 6 nitrogen and oxygen atoms in total. The lowest BCUT2D eigenvalue weighted by Gasteiger charge is -2.34. The predicted octanol–water partition coefficient (Wildman–Crippen LogP) is 2.30. The number of halogens is 1. The molecule has 0 atom stereocenters. The molecule has 1 saturated heterocycles. The highest BCUT2D eigenvalue weighted by Crippen LogP contribution is 2.18. The van der Waals surface area contributed by atoms with Crippen molar-refractivity contribution in [1.29, 1.82) is 0 Å². The van der Waals surface area contributed by atoms with Gasteiger partial charge in [0, 0.05) is 43.7 Å². The molecular weight excluding hydrogens is 316 g/mol. The molecule has 1 aliphatic heterocycles. The molecule has 1 amide bonds. The van der Waals surface area contributed by atoms with E-state index in [1.165, 1.54) is 0 Å². The number of hydrogen-bond donors (Lipinski definition) is 0. The van der Waals surface area contributed by atoms with Gasteiger partial charge >= 0.3 is 0 Å². The maximum atomic E-state index is 12.5. The molecular formula is C16H19ClN4O2. The second-order valence-corrected chi connectivity index (χ2v) is 6.17. The molecule has 0 aliphatic carbocycles. The molecule has 1 aromatic carbocycles. The standard InChI is InChI=1S/C16H19ClN4O2/c1-11-3-4-13(9-14(11)17)16(22)21-7-5-20(6-8-21)10-15-18-12(2)23-19-15/h3-4,9H,5-8,10H2,1-2H3. The van der Waals surface area contributed by atoms with Crippen molar-refractivity contribution in [3.05, 3.63) is 46.1 Å². The summed E-state index contributed by atoms with van der Waals surface area (Å²) in [4.78, 5) is 20.8. The molecule has 1 aromatic heterocycles. The maximum absolute atomic E-state index is 12.5. The molecule has 0 unspecified atom stereocenters. The van der Waals surface area contributed by atoms with Gasteiger partial charge in [0.25, 0.3) is 5.91 Å². The fourth-order valence-electron chi connectivity index (χ4n) is 2.62. The Morgan fingerprint density at radius 2 is 2.00 bits per heavy atom. The molecule has 0 N–H and O–H groups in total. The average Bonchev–Trinajstić information content (AvgIpc) is 2.95. The third-order valence-corrected chi connectivity index (χ3v) is 4.42. The van der Waals surface area contributed by atoms with E-state index in [4.69, 9.17) is 16.1 Å². The number of aromatic nitrogens is 2. The first kappa shape index (κ1) is 16.0. The number of rotatable bonds is 3. The number of carbonyl (C=O) groups is 1. The second kappa shape index (κ2) is 6.68. The van der Waals surface area contributed by atoms with E-state index in [0.717, 1.165) is 18.7 Å². The van der Waals surface area contributed by atoms with Crippen molar-refractivity contribution in [2.75, 3.05) is 26.2 Å². The van der Waals surface area contributed by atoms with Crippen molar-refractivity contribution >= 4 is 17.5 Å². The normalized spacial score (nSPS) is 15.9. The highest BCUT2D eigenvalue weighted by Gasteiger charge is 2.23. The Morgan fingerprint density at radius 3 is 2.61 bits per heavy atom. The zero-order valence-corrected chi connectivity index (χ0v) is 14.0. The summed E-state index contributed by atoms with van der Waals surface area (Å²) < 4.78 is 4.98. The summed E-state index contributed by atoms with van der Waals surface area (Å²) >= 11 is 6.11. The van der Waals surface area contributed by atoms with Crippen molar-refractivity contribution in [3.8, 4) is 0 Å². The zero-order valence-electron chi connectivity index (χ0n) is 13.3. The number of piperazine rings is 1. The van der Waals surface area contributed by atoms with Crippen LogP contribution < -0.4 is 0 Å². The van der Waals surface area contributed by atoms with Crippen molar-refractivity contribution in [2.24, 2.45) is 0 Å². The van der Waals surface area contributed by atoms with Crippen molar-refractivity contribution in [2.45, 2.75) is 20.4 Å². The lowest BCUT2D eigenvalue weighted by molar-refractivity contribution is 0.0624. The largest absolute Gasteiger partial charge is 0.340 e. The van der Waals surface area contributed by atoms with Crippen molar-refractivity contribution < 1.29 is 9.32 Å². The van der Waals surface area contributed by atoms with Crippen LogP contribution in [0.4, 0.5) is 0 Å². The van der Waals surface area contributed by atoms with E-state index < -0.39 is 0 Å². The van der Waals surface area contributed by atoms with Crippen LogP contribution in [0.15, 0.2) is 22.7 Å². The molecule has 0 radical (unpaired) electrons. The Labute approximate surface area is 140 Å². The van der Waals surface area contributed by atoms with Gasteiger partial charge in [0.05, 0.1) is 6.54 Å². The van der Waals surface area contributed by atoms with E-state index in [-0.39, 0.29) is 5.91 Å². The number of hydrogen-bond acceptors (Lipinski definition) is 5. The third-order valence-electron chi connectivity index (χ3n) is 4.01. The number of amides is 1. The first-order valence-corrected chi connectivity index (χ1v) is 7.97. The summed E-state index contributed by atoms with van der Waals surface area (Å²) in [6.07, 6.45) is 0. The van der Waals surface area contributed by atoms with E-state index in [2.05, 4.69) is 15.0 Å². The fraction of sp³-hybridized carbons (Fsp3) is 0.438. The molecule has 2 aromatic rings. The highest BCUT2D eigenvalue weighted by molar-refractivity contribution is 6.31. The molecule has 23 heavy (non-hydrogen) atoms. The maximum Gasteiger partial charge on any atom is 0.253 e. The summed E-state index contributed by atoms with van der Waals surface area (Å²) in [5, 5.41) is 4.53. The summed E-state index contributed by atoms with van der Waals surface area (Å²) in [5.74, 6) is 1.29. The van der Waals surface area contributed by atoms with Crippen LogP contribution in [-0.2, 0) is 6.54 Å². The Hall–Kier alpha value is -1.92. The fourth-order valence-corrected chi connectivity index (χ4v) is 2.80. The minimum absolute atomic E-state index is 0.0296. The van der Waals surface area contributed by atoms with Gasteiger partial charge in [-0.15, -0.1) is 0 Å². The SMILES string of the molecule is Cc1nc(CN2CCN(C(=O)c3ccc(C)c(Cl)c3)CC2)no1. The number of carbonyl (C=O) groups excluding carboxylic acids is 1. The first-order valence-electron chi connectivity index (χ1n) is 7.60. The Bertz CT molecular complexity index is 708. The van der Waals surface area contributed by atoms with Gasteiger partial charge in [0.2, 0.25) is 5.89 Å². The van der Waals surface area contributed by atoms with Crippen LogP contribution in [-0.4, -0.2) is 52.0 Å². The van der Waals surface area contributed by atoms with Gasteiger partial charge in [-0.3, -0.25) is 9.69 Å². The van der Waals surface area contributed by atoms with Crippen molar-refractivity contribution in [3.63, 3.8) is 0 Å². The summed E-state index contributed by atoms with van der Waals surface area (Å²) in [6.45, 7) is 7.30. The first-order chi connectivity index (χ1) is 11.0. The van der Waals surface area contributed by atoms with Crippen LogP contribution in [0.25, 0.3) is 0 Å². The quantitative estimate of drug-likeness (QED) is 0.862. The summed E-state index contributed by atoms with van der Waals surface area (Å²) in [6, 6.07) is 5.45. The van der Waals surface area contributed by atoms with Gasteiger partial charge in [0.15, 0.2) is 5.82 Å². The molecule has 3 rings (SSSR count). The van der Waals surface area contributed by atoms with E-state index in [1.807, 2.05) is 24.0 Å². The Kier molecular flexibility index (Phi) is 4.63. The minimum atomic E-state index is 0.0296. The summed E-state index contributed by atoms with van der Waals surface area (Å²) in [5.41, 5.74) is 1.62. The van der Waals surface area contributed by atoms with Crippen LogP contribution in [0.2, 0.25) is 5.02 Å². The minimum Gasteiger partial charge on any atom is -0.340 e. The lowest BCUT2D eigenvalue weighted by Crippen LogP contribution is -2.48. The lowest BCUT2D eigenvalue weighted by atomic mass is 10.1.